The minimum Gasteiger partial charge on any atom is -0.462 e. The predicted octanol–water partition coefficient (Wildman–Crippen LogP) is 3.38. The fraction of sp³-hybridized carbons (Fsp3) is 0.167. The summed E-state index contributed by atoms with van der Waals surface area (Å²) < 4.78 is 44.7. The van der Waals surface area contributed by atoms with Crippen molar-refractivity contribution in [3.8, 4) is 0 Å². The van der Waals surface area contributed by atoms with Crippen molar-refractivity contribution in [3.63, 3.8) is 0 Å². The quantitative estimate of drug-likeness (QED) is 0.559. The van der Waals surface area contributed by atoms with E-state index in [9.17, 15) is 17.6 Å². The second kappa shape index (κ2) is 7.94. The van der Waals surface area contributed by atoms with Gasteiger partial charge < -0.3 is 4.74 Å². The van der Waals surface area contributed by atoms with Crippen LogP contribution in [0.1, 0.15) is 17.3 Å². The average Bonchev–Trinajstić information content (AvgIpc) is 2.60. The second-order valence-corrected chi connectivity index (χ2v) is 6.91. The van der Waals surface area contributed by atoms with Crippen LogP contribution < -0.4 is 4.31 Å². The van der Waals surface area contributed by atoms with E-state index in [1.54, 1.807) is 6.92 Å². The number of hydrogen-bond acceptors (Lipinski definition) is 4. The van der Waals surface area contributed by atoms with Crippen LogP contribution in [0, 0.1) is 5.82 Å². The van der Waals surface area contributed by atoms with E-state index < -0.39 is 21.8 Å². The summed E-state index contributed by atoms with van der Waals surface area (Å²) in [4.78, 5) is 11.7. The van der Waals surface area contributed by atoms with Crippen LogP contribution in [0.5, 0.6) is 0 Å². The molecule has 0 aliphatic rings. The highest BCUT2D eigenvalue weighted by Gasteiger charge is 2.24. The zero-order valence-corrected chi connectivity index (χ0v) is 14.5. The van der Waals surface area contributed by atoms with Gasteiger partial charge in [-0.05, 0) is 55.5 Å². The summed E-state index contributed by atoms with van der Waals surface area (Å²) in [6.45, 7) is 5.56. The van der Waals surface area contributed by atoms with Crippen LogP contribution in [0.4, 0.5) is 10.1 Å². The number of sulfonamides is 1. The van der Waals surface area contributed by atoms with E-state index in [1.165, 1.54) is 42.5 Å². The Hall–Kier alpha value is -2.67. The molecule has 0 fully saturated rings. The van der Waals surface area contributed by atoms with Crippen molar-refractivity contribution in [2.45, 2.75) is 11.8 Å². The van der Waals surface area contributed by atoms with Crippen LogP contribution in [0.25, 0.3) is 0 Å². The zero-order valence-electron chi connectivity index (χ0n) is 13.7. The Morgan fingerprint density at radius 1 is 1.16 bits per heavy atom. The van der Waals surface area contributed by atoms with E-state index in [0.29, 0.717) is 11.3 Å². The van der Waals surface area contributed by atoms with E-state index in [2.05, 4.69) is 6.58 Å². The molecule has 0 aliphatic carbocycles. The molecule has 0 spiro atoms. The molecule has 132 valence electrons. The Labute approximate surface area is 146 Å². The van der Waals surface area contributed by atoms with E-state index in [4.69, 9.17) is 4.74 Å². The monoisotopic (exact) mass is 363 g/mol. The molecule has 2 aromatic rings. The first-order valence-electron chi connectivity index (χ1n) is 7.56. The number of rotatable bonds is 7. The Morgan fingerprint density at radius 2 is 1.76 bits per heavy atom. The summed E-state index contributed by atoms with van der Waals surface area (Å²) >= 11 is 0. The summed E-state index contributed by atoms with van der Waals surface area (Å²) in [5.74, 6) is -1.00. The Kier molecular flexibility index (Phi) is 5.93. The fourth-order valence-electron chi connectivity index (χ4n) is 2.17. The largest absolute Gasteiger partial charge is 0.462 e. The van der Waals surface area contributed by atoms with Crippen molar-refractivity contribution in [3.05, 3.63) is 72.6 Å². The molecule has 0 atom stereocenters. The molecule has 7 heteroatoms. The molecule has 2 rings (SSSR count). The van der Waals surface area contributed by atoms with Gasteiger partial charge in [0.15, 0.2) is 0 Å². The van der Waals surface area contributed by atoms with Crippen LogP contribution >= 0.6 is 0 Å². The number of nitrogens with zero attached hydrogens (tertiary/aromatic N) is 1. The van der Waals surface area contributed by atoms with Crippen molar-refractivity contribution in [1.29, 1.82) is 0 Å². The van der Waals surface area contributed by atoms with Gasteiger partial charge in [0.05, 0.1) is 29.3 Å². The predicted molar refractivity (Wildman–Crippen MR) is 93.5 cm³/mol. The van der Waals surface area contributed by atoms with Crippen molar-refractivity contribution < 1.29 is 22.3 Å². The summed E-state index contributed by atoms with van der Waals surface area (Å²) in [6, 6.07) is 10.6. The van der Waals surface area contributed by atoms with Gasteiger partial charge in [-0.1, -0.05) is 6.08 Å². The maximum absolute atomic E-state index is 13.1. The maximum atomic E-state index is 13.1. The molecule has 0 amide bonds. The molecular formula is C18H18FNO4S. The number of hydrogen-bond donors (Lipinski definition) is 0. The molecule has 0 saturated carbocycles. The highest BCUT2D eigenvalue weighted by atomic mass is 32.2. The lowest BCUT2D eigenvalue weighted by Gasteiger charge is -2.23. The van der Waals surface area contributed by atoms with Gasteiger partial charge in [-0.15, -0.1) is 6.58 Å². The van der Waals surface area contributed by atoms with E-state index in [-0.39, 0.29) is 18.0 Å². The number of esters is 1. The molecule has 0 saturated heterocycles. The van der Waals surface area contributed by atoms with Gasteiger partial charge in [0.2, 0.25) is 0 Å². The van der Waals surface area contributed by atoms with Crippen molar-refractivity contribution in [2.24, 2.45) is 0 Å². The van der Waals surface area contributed by atoms with Crippen molar-refractivity contribution >= 4 is 21.7 Å². The number of anilines is 1. The van der Waals surface area contributed by atoms with E-state index in [0.717, 1.165) is 16.4 Å². The molecule has 2 aromatic carbocycles. The Bertz CT molecular complexity index is 846. The van der Waals surface area contributed by atoms with Gasteiger partial charge in [0, 0.05) is 0 Å². The highest BCUT2D eigenvalue weighted by Crippen LogP contribution is 2.24. The topological polar surface area (TPSA) is 63.7 Å². The minimum atomic E-state index is -3.90. The molecule has 0 bridgehead atoms. The van der Waals surface area contributed by atoms with Gasteiger partial charge in [-0.3, -0.25) is 4.31 Å². The lowest BCUT2D eigenvalue weighted by Crippen LogP contribution is -2.31. The first kappa shape index (κ1) is 18.7. The molecule has 0 aliphatic heterocycles. The molecule has 0 radical (unpaired) electrons. The van der Waals surface area contributed by atoms with Gasteiger partial charge in [-0.2, -0.15) is 0 Å². The maximum Gasteiger partial charge on any atom is 0.338 e. The highest BCUT2D eigenvalue weighted by molar-refractivity contribution is 7.92. The second-order valence-electron chi connectivity index (χ2n) is 5.05. The van der Waals surface area contributed by atoms with Gasteiger partial charge in [0.25, 0.3) is 10.0 Å². The number of halogens is 1. The summed E-state index contributed by atoms with van der Waals surface area (Å²) in [6.07, 6.45) is 1.44. The lowest BCUT2D eigenvalue weighted by molar-refractivity contribution is 0.0526. The van der Waals surface area contributed by atoms with Crippen LogP contribution in [0.2, 0.25) is 0 Å². The third-order valence-electron chi connectivity index (χ3n) is 3.36. The van der Waals surface area contributed by atoms with E-state index in [1.807, 2.05) is 0 Å². The molecule has 0 aromatic heterocycles. The zero-order chi connectivity index (χ0) is 18.4. The average molecular weight is 363 g/mol. The molecule has 0 heterocycles. The number of carbonyl (C=O) groups is 1. The summed E-state index contributed by atoms with van der Waals surface area (Å²) in [5.41, 5.74) is 0.681. The molecular weight excluding hydrogens is 345 g/mol. The Morgan fingerprint density at radius 3 is 2.28 bits per heavy atom. The fourth-order valence-corrected chi connectivity index (χ4v) is 3.61. The van der Waals surface area contributed by atoms with Crippen LogP contribution in [-0.4, -0.2) is 27.5 Å². The molecule has 0 N–H and O–H groups in total. The van der Waals surface area contributed by atoms with Crippen molar-refractivity contribution in [1.82, 2.24) is 0 Å². The first-order valence-corrected chi connectivity index (χ1v) is 9.00. The van der Waals surface area contributed by atoms with Gasteiger partial charge >= 0.3 is 5.97 Å². The van der Waals surface area contributed by atoms with E-state index >= 15 is 0 Å². The molecule has 5 nitrogen and oxygen atoms in total. The summed E-state index contributed by atoms with van der Waals surface area (Å²) in [7, 11) is -3.90. The SMILES string of the molecule is C=CCN(c1ccc(C(=O)OCC)cc1)S(=O)(=O)c1ccc(F)cc1. The third-order valence-corrected chi connectivity index (χ3v) is 5.17. The van der Waals surface area contributed by atoms with Gasteiger partial charge in [0.1, 0.15) is 5.82 Å². The summed E-state index contributed by atoms with van der Waals surface area (Å²) in [5, 5.41) is 0. The van der Waals surface area contributed by atoms with Crippen LogP contribution in [-0.2, 0) is 14.8 Å². The van der Waals surface area contributed by atoms with Crippen LogP contribution in [0.15, 0.2) is 66.1 Å². The first-order chi connectivity index (χ1) is 11.9. The number of benzene rings is 2. The number of carbonyl (C=O) groups excluding carboxylic acids is 1. The lowest BCUT2D eigenvalue weighted by atomic mass is 10.2. The smallest absolute Gasteiger partial charge is 0.338 e. The number of ether oxygens (including phenoxy) is 1. The normalized spacial score (nSPS) is 11.0. The Balaban J connectivity index is 2.38. The van der Waals surface area contributed by atoms with Crippen molar-refractivity contribution in [2.75, 3.05) is 17.5 Å². The standard InChI is InChI=1S/C18H18FNO4S/c1-3-13-20(25(22,23)17-11-7-15(19)8-12-17)16-9-5-14(6-10-16)18(21)24-4-2/h3,5-12H,1,4,13H2,2H3. The van der Waals surface area contributed by atoms with Gasteiger partial charge in [-0.25, -0.2) is 17.6 Å². The molecule has 0 unspecified atom stereocenters. The third kappa shape index (κ3) is 4.24. The molecule has 25 heavy (non-hydrogen) atoms. The minimum absolute atomic E-state index is 0.0263. The van der Waals surface area contributed by atoms with Crippen LogP contribution in [0.3, 0.4) is 0 Å².